The van der Waals surface area contributed by atoms with Crippen LogP contribution < -0.4 is 10.9 Å². The monoisotopic (exact) mass is 490 g/mol. The SMILES string of the molecule is O=C(CSc1nc2c(cnn2-c2ccccc2)c(=O)[nH]1)Nc1ccc([N+](=O)[O-])cc1C(F)(F)F. The highest BCUT2D eigenvalue weighted by atomic mass is 32.2. The molecule has 0 aliphatic rings. The second kappa shape index (κ2) is 8.97. The van der Waals surface area contributed by atoms with Gasteiger partial charge in [-0.05, 0) is 18.2 Å². The van der Waals surface area contributed by atoms with Gasteiger partial charge in [-0.25, -0.2) is 9.67 Å². The summed E-state index contributed by atoms with van der Waals surface area (Å²) in [7, 11) is 0. The van der Waals surface area contributed by atoms with Crippen molar-refractivity contribution in [3.63, 3.8) is 0 Å². The van der Waals surface area contributed by atoms with E-state index in [2.05, 4.69) is 20.4 Å². The highest BCUT2D eigenvalue weighted by Crippen LogP contribution is 2.37. The van der Waals surface area contributed by atoms with Crippen molar-refractivity contribution in [3.05, 3.63) is 80.8 Å². The molecule has 4 rings (SSSR count). The molecule has 0 unspecified atom stereocenters. The largest absolute Gasteiger partial charge is 0.418 e. The number of nitrogens with one attached hydrogen (secondary N) is 2. The van der Waals surface area contributed by atoms with E-state index in [1.165, 1.54) is 10.9 Å². The number of nitrogens with zero attached hydrogens (tertiary/aromatic N) is 4. The van der Waals surface area contributed by atoms with Gasteiger partial charge in [-0.2, -0.15) is 18.3 Å². The molecule has 4 aromatic rings. The van der Waals surface area contributed by atoms with Crippen LogP contribution >= 0.6 is 11.8 Å². The molecule has 0 aliphatic carbocycles. The third-order valence-corrected chi connectivity index (χ3v) is 5.42. The second-order valence-electron chi connectivity index (χ2n) is 6.82. The summed E-state index contributed by atoms with van der Waals surface area (Å²) in [5.74, 6) is -1.22. The maximum atomic E-state index is 13.3. The van der Waals surface area contributed by atoms with Gasteiger partial charge in [-0.1, -0.05) is 30.0 Å². The Hall–Kier alpha value is -4.20. The van der Waals surface area contributed by atoms with Crippen molar-refractivity contribution >= 4 is 40.1 Å². The van der Waals surface area contributed by atoms with E-state index in [1.807, 2.05) is 6.07 Å². The Labute approximate surface area is 192 Å². The van der Waals surface area contributed by atoms with Crippen molar-refractivity contribution in [2.75, 3.05) is 11.1 Å². The van der Waals surface area contributed by atoms with Crippen LogP contribution in [0, 0.1) is 10.1 Å². The number of hydrogen-bond acceptors (Lipinski definition) is 7. The number of nitro groups is 1. The molecule has 1 amide bonds. The number of halogens is 3. The first-order valence-corrected chi connectivity index (χ1v) is 10.4. The predicted molar refractivity (Wildman–Crippen MR) is 117 cm³/mol. The van der Waals surface area contributed by atoms with Crippen molar-refractivity contribution in [1.29, 1.82) is 0 Å². The molecule has 2 aromatic heterocycles. The molecule has 0 saturated heterocycles. The Bertz CT molecular complexity index is 1450. The molecule has 10 nitrogen and oxygen atoms in total. The van der Waals surface area contributed by atoms with Gasteiger partial charge in [0.05, 0.1) is 33.8 Å². The van der Waals surface area contributed by atoms with Gasteiger partial charge >= 0.3 is 6.18 Å². The minimum atomic E-state index is -4.92. The summed E-state index contributed by atoms with van der Waals surface area (Å²) in [6.07, 6.45) is -3.57. The zero-order valence-corrected chi connectivity index (χ0v) is 17.7. The number of rotatable bonds is 6. The number of carbonyl (C=O) groups is 1. The van der Waals surface area contributed by atoms with Crippen molar-refractivity contribution in [2.45, 2.75) is 11.3 Å². The molecule has 0 fully saturated rings. The van der Waals surface area contributed by atoms with Gasteiger partial charge in [0, 0.05) is 12.1 Å². The first kappa shape index (κ1) is 23.0. The van der Waals surface area contributed by atoms with Crippen molar-refractivity contribution in [3.8, 4) is 5.69 Å². The minimum absolute atomic E-state index is 0.0603. The Kier molecular flexibility index (Phi) is 6.06. The van der Waals surface area contributed by atoms with Gasteiger partial charge < -0.3 is 10.3 Å². The van der Waals surface area contributed by atoms with E-state index in [1.54, 1.807) is 24.3 Å². The number of anilines is 1. The summed E-state index contributed by atoms with van der Waals surface area (Å²) < 4.78 is 41.3. The van der Waals surface area contributed by atoms with Gasteiger partial charge in [0.15, 0.2) is 10.8 Å². The molecule has 0 radical (unpaired) electrons. The molecule has 34 heavy (non-hydrogen) atoms. The smallest absolute Gasteiger partial charge is 0.325 e. The molecular weight excluding hydrogens is 477 g/mol. The summed E-state index contributed by atoms with van der Waals surface area (Å²) in [5, 5.41) is 17.3. The summed E-state index contributed by atoms with van der Waals surface area (Å²) >= 11 is 0.796. The summed E-state index contributed by atoms with van der Waals surface area (Å²) in [6.45, 7) is 0. The lowest BCUT2D eigenvalue weighted by molar-refractivity contribution is -0.385. The average molecular weight is 490 g/mol. The van der Waals surface area contributed by atoms with Crippen LogP contribution in [0.5, 0.6) is 0 Å². The number of aromatic amines is 1. The molecule has 2 N–H and O–H groups in total. The number of thioether (sulfide) groups is 1. The maximum absolute atomic E-state index is 13.3. The summed E-state index contributed by atoms with van der Waals surface area (Å²) in [4.78, 5) is 41.3. The lowest BCUT2D eigenvalue weighted by Gasteiger charge is -2.13. The number of H-pyrrole nitrogens is 1. The number of hydrogen-bond donors (Lipinski definition) is 2. The topological polar surface area (TPSA) is 136 Å². The van der Waals surface area contributed by atoms with E-state index in [-0.39, 0.29) is 21.9 Å². The molecule has 0 atom stereocenters. The number of alkyl halides is 3. The van der Waals surface area contributed by atoms with Crippen molar-refractivity contribution in [2.24, 2.45) is 0 Å². The minimum Gasteiger partial charge on any atom is -0.325 e. The molecule has 0 saturated carbocycles. The first-order chi connectivity index (χ1) is 16.1. The number of para-hydroxylation sites is 1. The van der Waals surface area contributed by atoms with Gasteiger partial charge in [-0.3, -0.25) is 19.7 Å². The van der Waals surface area contributed by atoms with E-state index in [9.17, 15) is 32.9 Å². The number of amides is 1. The van der Waals surface area contributed by atoms with Gasteiger partial charge in [-0.15, -0.1) is 0 Å². The van der Waals surface area contributed by atoms with E-state index < -0.39 is 39.5 Å². The normalized spacial score (nSPS) is 11.5. The molecular formula is C20H13F3N6O4S. The number of fused-ring (bicyclic) bond motifs is 1. The third kappa shape index (κ3) is 4.76. The van der Waals surface area contributed by atoms with Crippen molar-refractivity contribution < 1.29 is 22.9 Å². The lowest BCUT2D eigenvalue weighted by atomic mass is 10.1. The van der Waals surface area contributed by atoms with Crippen LogP contribution in [0.3, 0.4) is 0 Å². The Morgan fingerprint density at radius 3 is 2.62 bits per heavy atom. The number of nitro benzene ring substituents is 1. The standard InChI is InChI=1S/C20H13F3N6O4S/c21-20(22,23)14-8-12(29(32)33)6-7-15(14)25-16(30)10-34-19-26-17-13(18(31)27-19)9-24-28(17)11-4-2-1-3-5-11/h1-9H,10H2,(H,25,30)(H,26,27,31). The summed E-state index contributed by atoms with van der Waals surface area (Å²) in [5.41, 5.74) is -2.33. The van der Waals surface area contributed by atoms with E-state index in [0.29, 0.717) is 11.8 Å². The fraction of sp³-hybridized carbons (Fsp3) is 0.100. The molecule has 14 heteroatoms. The predicted octanol–water partition coefficient (Wildman–Crippen LogP) is 3.77. The highest BCUT2D eigenvalue weighted by Gasteiger charge is 2.35. The molecule has 2 heterocycles. The van der Waals surface area contributed by atoms with Crippen LogP contribution in [0.15, 0.2) is 64.7 Å². The number of carbonyl (C=O) groups excluding carboxylic acids is 1. The molecule has 0 aliphatic heterocycles. The fourth-order valence-electron chi connectivity index (χ4n) is 3.03. The zero-order chi connectivity index (χ0) is 24.5. The van der Waals surface area contributed by atoms with Crippen LogP contribution in [-0.4, -0.2) is 36.3 Å². The zero-order valence-electron chi connectivity index (χ0n) is 16.9. The average Bonchev–Trinajstić information content (AvgIpc) is 3.22. The van der Waals surface area contributed by atoms with Gasteiger partial charge in [0.2, 0.25) is 5.91 Å². The van der Waals surface area contributed by atoms with Crippen LogP contribution in [-0.2, 0) is 11.0 Å². The third-order valence-electron chi connectivity index (χ3n) is 4.55. The Balaban J connectivity index is 1.54. The van der Waals surface area contributed by atoms with Crippen LogP contribution in [0.25, 0.3) is 16.7 Å². The molecule has 0 spiro atoms. The van der Waals surface area contributed by atoms with Crippen molar-refractivity contribution in [1.82, 2.24) is 19.7 Å². The molecule has 174 valence electrons. The van der Waals surface area contributed by atoms with E-state index in [0.717, 1.165) is 23.9 Å². The van der Waals surface area contributed by atoms with Crippen LogP contribution in [0.2, 0.25) is 0 Å². The Morgan fingerprint density at radius 1 is 1.21 bits per heavy atom. The quantitative estimate of drug-likeness (QED) is 0.182. The first-order valence-electron chi connectivity index (χ1n) is 9.45. The number of benzene rings is 2. The van der Waals surface area contributed by atoms with Gasteiger partial charge in [0.1, 0.15) is 5.39 Å². The fourth-order valence-corrected chi connectivity index (χ4v) is 3.69. The Morgan fingerprint density at radius 2 is 1.94 bits per heavy atom. The van der Waals surface area contributed by atoms with Crippen LogP contribution in [0.1, 0.15) is 5.56 Å². The van der Waals surface area contributed by atoms with E-state index >= 15 is 0 Å². The van der Waals surface area contributed by atoms with E-state index in [4.69, 9.17) is 0 Å². The maximum Gasteiger partial charge on any atom is 0.418 e. The van der Waals surface area contributed by atoms with Crippen LogP contribution in [0.4, 0.5) is 24.5 Å². The lowest BCUT2D eigenvalue weighted by Crippen LogP contribution is -2.19. The number of aromatic nitrogens is 4. The number of non-ortho nitro benzene ring substituents is 1. The highest BCUT2D eigenvalue weighted by molar-refractivity contribution is 7.99. The van der Waals surface area contributed by atoms with Gasteiger partial charge in [0.25, 0.3) is 11.2 Å². The summed E-state index contributed by atoms with van der Waals surface area (Å²) in [6, 6.07) is 10.9. The molecule has 2 aromatic carbocycles. The second-order valence-corrected chi connectivity index (χ2v) is 7.79. The molecule has 0 bridgehead atoms.